The maximum absolute atomic E-state index is 12.0. The van der Waals surface area contributed by atoms with Gasteiger partial charge >= 0.3 is 5.97 Å². The van der Waals surface area contributed by atoms with E-state index in [1.807, 2.05) is 19.9 Å². The van der Waals surface area contributed by atoms with Crippen molar-refractivity contribution in [1.82, 2.24) is 0 Å². The molecule has 0 bridgehead atoms. The number of Topliss-reactive ketones (excluding diaryl/α,β-unsaturated/α-hetero) is 1. The topological polar surface area (TPSA) is 43.4 Å². The molecule has 2 rings (SSSR count). The molecule has 1 atom stereocenters. The molecule has 3 nitrogen and oxygen atoms in total. The van der Waals surface area contributed by atoms with Crippen LogP contribution in [0, 0.1) is 5.41 Å². The Hall–Kier alpha value is -1.64. The smallest absolute Gasteiger partial charge is 0.338 e. The molecule has 96 valence electrons. The lowest BCUT2D eigenvalue weighted by Crippen LogP contribution is -2.43. The molecule has 0 aliphatic heterocycles. The van der Waals surface area contributed by atoms with Gasteiger partial charge in [0.25, 0.3) is 0 Å². The fraction of sp³-hybridized carbons (Fsp3) is 0.467. The standard InChI is InChI=1S/C15H18O3/c1-15(2)10-6-9-12(16)13(15)18-14(17)11-7-4-3-5-8-11/h3-5,7-8,13H,6,9-10H2,1-2H3. The number of rotatable bonds is 2. The Morgan fingerprint density at radius 2 is 1.94 bits per heavy atom. The van der Waals surface area contributed by atoms with Crippen molar-refractivity contribution in [3.8, 4) is 0 Å². The third-order valence-electron chi connectivity index (χ3n) is 3.48. The lowest BCUT2D eigenvalue weighted by atomic mass is 9.74. The molecule has 1 fully saturated rings. The Labute approximate surface area is 107 Å². The number of ether oxygens (including phenoxy) is 1. The molecular formula is C15H18O3. The van der Waals surface area contributed by atoms with Gasteiger partial charge in [0.2, 0.25) is 0 Å². The second-order valence-corrected chi connectivity index (χ2v) is 5.46. The summed E-state index contributed by atoms with van der Waals surface area (Å²) in [5, 5.41) is 0. The maximum atomic E-state index is 12.0. The number of hydrogen-bond donors (Lipinski definition) is 0. The molecule has 0 amide bonds. The Balaban J connectivity index is 2.13. The van der Waals surface area contributed by atoms with Crippen molar-refractivity contribution < 1.29 is 14.3 Å². The summed E-state index contributed by atoms with van der Waals surface area (Å²) in [7, 11) is 0. The third kappa shape index (κ3) is 2.61. The second kappa shape index (κ2) is 4.92. The summed E-state index contributed by atoms with van der Waals surface area (Å²) in [5.41, 5.74) is 0.228. The number of esters is 1. The van der Waals surface area contributed by atoms with E-state index in [-0.39, 0.29) is 11.2 Å². The van der Waals surface area contributed by atoms with Crippen LogP contribution in [0.1, 0.15) is 43.5 Å². The molecule has 1 aromatic rings. The lowest BCUT2D eigenvalue weighted by Gasteiger charge is -2.36. The van der Waals surface area contributed by atoms with Crippen LogP contribution in [-0.4, -0.2) is 17.9 Å². The van der Waals surface area contributed by atoms with Crippen molar-refractivity contribution in [2.24, 2.45) is 5.41 Å². The molecule has 1 aliphatic carbocycles. The fourth-order valence-corrected chi connectivity index (χ4v) is 2.39. The van der Waals surface area contributed by atoms with Crippen LogP contribution in [0.25, 0.3) is 0 Å². The molecule has 3 heteroatoms. The minimum Gasteiger partial charge on any atom is -0.450 e. The lowest BCUT2D eigenvalue weighted by molar-refractivity contribution is -0.137. The fourth-order valence-electron chi connectivity index (χ4n) is 2.39. The first-order chi connectivity index (χ1) is 8.50. The zero-order valence-electron chi connectivity index (χ0n) is 10.8. The van der Waals surface area contributed by atoms with Gasteiger partial charge < -0.3 is 4.74 Å². The summed E-state index contributed by atoms with van der Waals surface area (Å²) < 4.78 is 5.42. The van der Waals surface area contributed by atoms with Crippen LogP contribution in [0.4, 0.5) is 0 Å². The molecule has 0 aromatic heterocycles. The van der Waals surface area contributed by atoms with E-state index in [0.29, 0.717) is 12.0 Å². The molecule has 0 spiro atoms. The van der Waals surface area contributed by atoms with Crippen molar-refractivity contribution in [1.29, 1.82) is 0 Å². The van der Waals surface area contributed by atoms with Crippen LogP contribution >= 0.6 is 0 Å². The quantitative estimate of drug-likeness (QED) is 0.753. The molecule has 1 saturated carbocycles. The zero-order valence-corrected chi connectivity index (χ0v) is 10.8. The summed E-state index contributed by atoms with van der Waals surface area (Å²) in [4.78, 5) is 23.9. The van der Waals surface area contributed by atoms with E-state index in [9.17, 15) is 9.59 Å². The first-order valence-corrected chi connectivity index (χ1v) is 6.29. The van der Waals surface area contributed by atoms with E-state index in [1.54, 1.807) is 24.3 Å². The normalized spacial score (nSPS) is 22.6. The number of ketones is 1. The molecule has 1 aliphatic rings. The Morgan fingerprint density at radius 1 is 1.28 bits per heavy atom. The molecule has 0 N–H and O–H groups in total. The summed E-state index contributed by atoms with van der Waals surface area (Å²) in [6.45, 7) is 3.96. The van der Waals surface area contributed by atoms with Crippen molar-refractivity contribution in [2.75, 3.05) is 0 Å². The van der Waals surface area contributed by atoms with Crippen molar-refractivity contribution in [3.63, 3.8) is 0 Å². The highest BCUT2D eigenvalue weighted by Crippen LogP contribution is 2.35. The van der Waals surface area contributed by atoms with Crippen molar-refractivity contribution in [3.05, 3.63) is 35.9 Å². The molecule has 1 aromatic carbocycles. The van der Waals surface area contributed by atoms with E-state index in [1.165, 1.54) is 0 Å². The zero-order chi connectivity index (χ0) is 13.2. The van der Waals surface area contributed by atoms with Crippen LogP contribution in [0.5, 0.6) is 0 Å². The predicted octanol–water partition coefficient (Wildman–Crippen LogP) is 2.99. The van der Waals surface area contributed by atoms with Crippen LogP contribution in [0.3, 0.4) is 0 Å². The van der Waals surface area contributed by atoms with Crippen LogP contribution < -0.4 is 0 Å². The third-order valence-corrected chi connectivity index (χ3v) is 3.48. The average Bonchev–Trinajstić information content (AvgIpc) is 2.34. The Morgan fingerprint density at radius 3 is 2.56 bits per heavy atom. The van der Waals surface area contributed by atoms with Gasteiger partial charge in [-0.05, 0) is 25.0 Å². The Kier molecular flexibility index (Phi) is 3.50. The highest BCUT2D eigenvalue weighted by atomic mass is 16.5. The first-order valence-electron chi connectivity index (χ1n) is 6.29. The van der Waals surface area contributed by atoms with E-state index >= 15 is 0 Å². The summed E-state index contributed by atoms with van der Waals surface area (Å²) in [5.74, 6) is -0.376. The maximum Gasteiger partial charge on any atom is 0.338 e. The minimum atomic E-state index is -0.612. The van der Waals surface area contributed by atoms with Gasteiger partial charge in [-0.15, -0.1) is 0 Å². The van der Waals surface area contributed by atoms with E-state index in [0.717, 1.165) is 12.8 Å². The van der Waals surface area contributed by atoms with Gasteiger partial charge in [0.1, 0.15) is 0 Å². The number of carbonyl (C=O) groups excluding carboxylic acids is 2. The number of hydrogen-bond acceptors (Lipinski definition) is 3. The van der Waals surface area contributed by atoms with Gasteiger partial charge in [0.15, 0.2) is 11.9 Å². The van der Waals surface area contributed by atoms with Crippen molar-refractivity contribution >= 4 is 11.8 Å². The van der Waals surface area contributed by atoms with E-state index in [4.69, 9.17) is 4.74 Å². The summed E-state index contributed by atoms with van der Waals surface area (Å²) >= 11 is 0. The van der Waals surface area contributed by atoms with E-state index in [2.05, 4.69) is 0 Å². The van der Waals surface area contributed by atoms with Gasteiger partial charge in [-0.3, -0.25) is 4.79 Å². The molecular weight excluding hydrogens is 228 g/mol. The summed E-state index contributed by atoms with van der Waals surface area (Å²) in [6, 6.07) is 8.80. The Bertz CT molecular complexity index is 448. The van der Waals surface area contributed by atoms with Crippen LogP contribution in [0.15, 0.2) is 30.3 Å². The first kappa shape index (κ1) is 12.8. The van der Waals surface area contributed by atoms with Gasteiger partial charge in [0.05, 0.1) is 5.56 Å². The van der Waals surface area contributed by atoms with Gasteiger partial charge in [-0.1, -0.05) is 32.0 Å². The summed E-state index contributed by atoms with van der Waals surface area (Å²) in [6.07, 6.45) is 1.69. The second-order valence-electron chi connectivity index (χ2n) is 5.46. The van der Waals surface area contributed by atoms with Crippen LogP contribution in [0.2, 0.25) is 0 Å². The minimum absolute atomic E-state index is 0.0375. The van der Waals surface area contributed by atoms with E-state index < -0.39 is 12.1 Å². The molecule has 0 heterocycles. The highest BCUT2D eigenvalue weighted by Gasteiger charge is 2.41. The number of benzene rings is 1. The molecule has 0 radical (unpaired) electrons. The van der Waals surface area contributed by atoms with Gasteiger partial charge in [-0.2, -0.15) is 0 Å². The SMILES string of the molecule is CC1(C)CCCC(=O)C1OC(=O)c1ccccc1. The molecule has 18 heavy (non-hydrogen) atoms. The molecule has 0 saturated heterocycles. The highest BCUT2D eigenvalue weighted by molar-refractivity contribution is 5.93. The van der Waals surface area contributed by atoms with Crippen LogP contribution in [-0.2, 0) is 9.53 Å². The average molecular weight is 246 g/mol. The monoisotopic (exact) mass is 246 g/mol. The van der Waals surface area contributed by atoms with Crippen molar-refractivity contribution in [2.45, 2.75) is 39.2 Å². The predicted molar refractivity (Wildman–Crippen MR) is 68.3 cm³/mol. The van der Waals surface area contributed by atoms with Gasteiger partial charge in [0, 0.05) is 11.8 Å². The number of carbonyl (C=O) groups is 2. The largest absolute Gasteiger partial charge is 0.450 e. The molecule has 1 unspecified atom stereocenters. The van der Waals surface area contributed by atoms with Gasteiger partial charge in [-0.25, -0.2) is 4.79 Å².